The molecule has 2 heterocycles. The molecule has 0 aliphatic rings. The monoisotopic (exact) mass is 370 g/mol. The molecule has 0 unspecified atom stereocenters. The number of hydrogen-bond donors (Lipinski definition) is 1. The summed E-state index contributed by atoms with van der Waals surface area (Å²) < 4.78 is 5.11. The number of aromatic nitrogens is 3. The van der Waals surface area contributed by atoms with Gasteiger partial charge in [0, 0.05) is 25.1 Å². The molecule has 27 heavy (non-hydrogen) atoms. The third kappa shape index (κ3) is 7.72. The first-order valence-corrected chi connectivity index (χ1v) is 9.77. The minimum atomic E-state index is -0.151. The Morgan fingerprint density at radius 1 is 1.15 bits per heavy atom. The molecule has 0 aliphatic heterocycles. The number of pyridine rings is 1. The Bertz CT molecular complexity index is 679. The van der Waals surface area contributed by atoms with Crippen LogP contribution in [0.15, 0.2) is 36.9 Å². The molecule has 2 aromatic heterocycles. The second-order valence-corrected chi connectivity index (χ2v) is 6.59. The highest BCUT2D eigenvalue weighted by Crippen LogP contribution is 2.25. The van der Waals surface area contributed by atoms with Crippen LogP contribution in [0, 0.1) is 0 Å². The Balaban J connectivity index is 1.73. The summed E-state index contributed by atoms with van der Waals surface area (Å²) in [5, 5.41) is 3.07. The molecule has 0 bridgehead atoms. The highest BCUT2D eigenvalue weighted by molar-refractivity contribution is 5.70. The predicted molar refractivity (Wildman–Crippen MR) is 107 cm³/mol. The summed E-state index contributed by atoms with van der Waals surface area (Å²) in [7, 11) is 1.89. The van der Waals surface area contributed by atoms with Crippen LogP contribution >= 0.6 is 0 Å². The summed E-state index contributed by atoms with van der Waals surface area (Å²) in [5.74, 6) is 0.889. The highest BCUT2D eigenvalue weighted by Gasteiger charge is 2.17. The standard InChI is InChI=1S/C21H30N4O2/c1-3-27-21(26)13-17(18-14-23-16-24-15-18)9-6-4-5-7-10-19-11-8-12-20(22-2)25-19/h8,11-12,14-17H,3-7,9-10,13H2,1-2H3,(H,22,25)/t17-/m1/s1. The van der Waals surface area contributed by atoms with E-state index in [1.54, 1.807) is 12.4 Å². The van der Waals surface area contributed by atoms with Gasteiger partial charge in [0.05, 0.1) is 13.0 Å². The molecule has 0 amide bonds. The van der Waals surface area contributed by atoms with Crippen molar-refractivity contribution in [3.8, 4) is 0 Å². The van der Waals surface area contributed by atoms with Crippen LogP contribution in [0.4, 0.5) is 5.82 Å². The minimum Gasteiger partial charge on any atom is -0.466 e. The Kier molecular flexibility index (Phi) is 9.24. The molecule has 146 valence electrons. The number of unbranched alkanes of at least 4 members (excludes halogenated alkanes) is 3. The number of anilines is 1. The molecule has 2 rings (SSSR count). The summed E-state index contributed by atoms with van der Waals surface area (Å²) >= 11 is 0. The van der Waals surface area contributed by atoms with E-state index in [4.69, 9.17) is 4.74 Å². The molecule has 0 aliphatic carbocycles. The van der Waals surface area contributed by atoms with E-state index >= 15 is 0 Å². The number of rotatable bonds is 12. The van der Waals surface area contributed by atoms with Gasteiger partial charge in [0.25, 0.3) is 0 Å². The number of hydrogen-bond acceptors (Lipinski definition) is 6. The fourth-order valence-electron chi connectivity index (χ4n) is 3.14. The topological polar surface area (TPSA) is 77.0 Å². The normalized spacial score (nSPS) is 11.8. The number of aryl methyl sites for hydroxylation is 1. The molecular weight excluding hydrogens is 340 g/mol. The lowest BCUT2D eigenvalue weighted by Crippen LogP contribution is -2.11. The second-order valence-electron chi connectivity index (χ2n) is 6.59. The molecule has 0 fully saturated rings. The van der Waals surface area contributed by atoms with Gasteiger partial charge in [-0.1, -0.05) is 25.3 Å². The van der Waals surface area contributed by atoms with Gasteiger partial charge in [0.15, 0.2) is 0 Å². The minimum absolute atomic E-state index is 0.124. The van der Waals surface area contributed by atoms with Crippen LogP contribution in [0.1, 0.15) is 62.6 Å². The van der Waals surface area contributed by atoms with Crippen LogP contribution in [0.5, 0.6) is 0 Å². The quantitative estimate of drug-likeness (QED) is 0.447. The van der Waals surface area contributed by atoms with Crippen molar-refractivity contribution in [2.75, 3.05) is 19.0 Å². The molecule has 0 radical (unpaired) electrons. The van der Waals surface area contributed by atoms with Crippen LogP contribution in [0.25, 0.3) is 0 Å². The van der Waals surface area contributed by atoms with Crippen molar-refractivity contribution in [1.29, 1.82) is 0 Å². The van der Waals surface area contributed by atoms with E-state index in [0.717, 1.165) is 55.6 Å². The average Bonchev–Trinajstić information content (AvgIpc) is 2.70. The molecule has 6 heteroatoms. The number of nitrogens with zero attached hydrogens (tertiary/aromatic N) is 3. The Hall–Kier alpha value is -2.50. The van der Waals surface area contributed by atoms with Crippen LogP contribution in [-0.2, 0) is 16.0 Å². The molecule has 1 atom stereocenters. The average molecular weight is 370 g/mol. The fraction of sp³-hybridized carbons (Fsp3) is 0.524. The first kappa shape index (κ1) is 20.8. The van der Waals surface area contributed by atoms with E-state index in [1.807, 2.05) is 26.1 Å². The molecular formula is C21H30N4O2. The number of nitrogens with one attached hydrogen (secondary N) is 1. The van der Waals surface area contributed by atoms with E-state index in [9.17, 15) is 4.79 Å². The molecule has 0 aromatic carbocycles. The van der Waals surface area contributed by atoms with Crippen LogP contribution in [0.3, 0.4) is 0 Å². The number of esters is 1. The second kappa shape index (κ2) is 12.0. The molecule has 6 nitrogen and oxygen atoms in total. The van der Waals surface area contributed by atoms with E-state index in [-0.39, 0.29) is 11.9 Å². The van der Waals surface area contributed by atoms with Gasteiger partial charge in [-0.05, 0) is 49.8 Å². The zero-order valence-electron chi connectivity index (χ0n) is 16.4. The third-order valence-electron chi connectivity index (χ3n) is 4.57. The van der Waals surface area contributed by atoms with Crippen molar-refractivity contribution in [2.24, 2.45) is 0 Å². The van der Waals surface area contributed by atoms with E-state index in [0.29, 0.717) is 13.0 Å². The first-order valence-electron chi connectivity index (χ1n) is 9.77. The van der Waals surface area contributed by atoms with Crippen LogP contribution < -0.4 is 5.32 Å². The zero-order chi connectivity index (χ0) is 19.3. The van der Waals surface area contributed by atoms with Gasteiger partial charge < -0.3 is 10.1 Å². The van der Waals surface area contributed by atoms with Gasteiger partial charge in [0.1, 0.15) is 12.1 Å². The summed E-state index contributed by atoms with van der Waals surface area (Å²) in [6, 6.07) is 6.09. The lowest BCUT2D eigenvalue weighted by molar-refractivity contribution is -0.143. The third-order valence-corrected chi connectivity index (χ3v) is 4.57. The SMILES string of the molecule is CCOC(=O)C[C@@H](CCCCCCc1cccc(NC)n1)c1cncnc1. The number of carbonyl (C=O) groups is 1. The fourth-order valence-corrected chi connectivity index (χ4v) is 3.14. The Morgan fingerprint density at radius 2 is 1.93 bits per heavy atom. The van der Waals surface area contributed by atoms with Gasteiger partial charge in [-0.3, -0.25) is 4.79 Å². The van der Waals surface area contributed by atoms with E-state index in [1.165, 1.54) is 6.33 Å². The van der Waals surface area contributed by atoms with Gasteiger partial charge in [-0.15, -0.1) is 0 Å². The van der Waals surface area contributed by atoms with Crippen LogP contribution in [-0.4, -0.2) is 34.6 Å². The highest BCUT2D eigenvalue weighted by atomic mass is 16.5. The van der Waals surface area contributed by atoms with E-state index in [2.05, 4.69) is 26.3 Å². The smallest absolute Gasteiger partial charge is 0.306 e. The van der Waals surface area contributed by atoms with Crippen molar-refractivity contribution < 1.29 is 9.53 Å². The maximum absolute atomic E-state index is 11.9. The maximum atomic E-state index is 11.9. The van der Waals surface area contributed by atoms with Gasteiger partial charge in [0.2, 0.25) is 0 Å². The number of ether oxygens (including phenoxy) is 1. The lowest BCUT2D eigenvalue weighted by Gasteiger charge is -2.15. The number of carbonyl (C=O) groups excluding carboxylic acids is 1. The summed E-state index contributed by atoms with van der Waals surface area (Å²) in [6.07, 6.45) is 11.9. The molecule has 1 N–H and O–H groups in total. The lowest BCUT2D eigenvalue weighted by atomic mass is 9.92. The summed E-state index contributed by atoms with van der Waals surface area (Å²) in [5.41, 5.74) is 2.14. The van der Waals surface area contributed by atoms with Crippen molar-refractivity contribution in [2.45, 2.75) is 57.8 Å². The van der Waals surface area contributed by atoms with Crippen molar-refractivity contribution >= 4 is 11.8 Å². The van der Waals surface area contributed by atoms with Crippen molar-refractivity contribution in [3.05, 3.63) is 48.2 Å². The zero-order valence-corrected chi connectivity index (χ0v) is 16.4. The molecule has 0 saturated heterocycles. The molecule has 0 saturated carbocycles. The maximum Gasteiger partial charge on any atom is 0.306 e. The Labute approximate surface area is 161 Å². The summed E-state index contributed by atoms with van der Waals surface area (Å²) in [6.45, 7) is 2.25. The van der Waals surface area contributed by atoms with Crippen LogP contribution in [0.2, 0.25) is 0 Å². The van der Waals surface area contributed by atoms with E-state index < -0.39 is 0 Å². The molecule has 2 aromatic rings. The first-order chi connectivity index (χ1) is 13.2. The van der Waals surface area contributed by atoms with Crippen molar-refractivity contribution in [3.63, 3.8) is 0 Å². The Morgan fingerprint density at radius 3 is 2.67 bits per heavy atom. The summed E-state index contributed by atoms with van der Waals surface area (Å²) in [4.78, 5) is 24.6. The van der Waals surface area contributed by atoms with Crippen molar-refractivity contribution in [1.82, 2.24) is 15.0 Å². The van der Waals surface area contributed by atoms with Gasteiger partial charge in [-0.2, -0.15) is 0 Å². The largest absolute Gasteiger partial charge is 0.466 e. The van der Waals surface area contributed by atoms with Gasteiger partial charge >= 0.3 is 5.97 Å². The molecule has 0 spiro atoms. The predicted octanol–water partition coefficient (Wildman–Crippen LogP) is 4.14. The van der Waals surface area contributed by atoms with Gasteiger partial charge in [-0.25, -0.2) is 15.0 Å².